The fourth-order valence-electron chi connectivity index (χ4n) is 5.26. The molecule has 4 rings (SSSR count). The summed E-state index contributed by atoms with van der Waals surface area (Å²) in [7, 11) is 0. The molecule has 0 aromatic heterocycles. The highest BCUT2D eigenvalue weighted by Gasteiger charge is 2.51. The Labute approximate surface area is 197 Å². The first kappa shape index (κ1) is 23.2. The Morgan fingerprint density at radius 2 is 1.36 bits per heavy atom. The molecule has 1 fully saturated rings. The molecule has 2 heteroatoms. The Hall–Kier alpha value is -2.94. The number of aliphatic hydroxyl groups excluding tert-OH is 1. The SMILES string of the molecule is C/C(=C1\C(/C=C/CC(C)(C)O)CC(c2ccccc2)(c2ccccc2)C1O)c1ccccc1. The van der Waals surface area contributed by atoms with E-state index < -0.39 is 17.1 Å². The van der Waals surface area contributed by atoms with Crippen molar-refractivity contribution in [2.45, 2.75) is 50.7 Å². The highest BCUT2D eigenvalue weighted by atomic mass is 16.3. The molecule has 0 radical (unpaired) electrons. The Balaban J connectivity index is 1.91. The van der Waals surface area contributed by atoms with Crippen LogP contribution in [-0.4, -0.2) is 21.9 Å². The second-order valence-corrected chi connectivity index (χ2v) is 9.81. The van der Waals surface area contributed by atoms with E-state index in [1.807, 2.05) is 44.2 Å². The monoisotopic (exact) mass is 438 g/mol. The molecular weight excluding hydrogens is 404 g/mol. The predicted molar refractivity (Wildman–Crippen MR) is 137 cm³/mol. The van der Waals surface area contributed by atoms with Crippen molar-refractivity contribution in [2.24, 2.45) is 5.92 Å². The number of hydrogen-bond donors (Lipinski definition) is 2. The van der Waals surface area contributed by atoms with Crippen LogP contribution in [-0.2, 0) is 5.41 Å². The molecule has 2 atom stereocenters. The van der Waals surface area contributed by atoms with Gasteiger partial charge >= 0.3 is 0 Å². The summed E-state index contributed by atoms with van der Waals surface area (Å²) in [6, 6.07) is 31.1. The molecule has 2 unspecified atom stereocenters. The van der Waals surface area contributed by atoms with Gasteiger partial charge in [0, 0.05) is 5.92 Å². The van der Waals surface area contributed by atoms with Crippen LogP contribution in [0.4, 0.5) is 0 Å². The van der Waals surface area contributed by atoms with Crippen molar-refractivity contribution in [3.05, 3.63) is 125 Å². The van der Waals surface area contributed by atoms with Gasteiger partial charge in [-0.15, -0.1) is 0 Å². The molecule has 0 saturated heterocycles. The molecule has 1 saturated carbocycles. The van der Waals surface area contributed by atoms with Gasteiger partial charge in [-0.3, -0.25) is 0 Å². The van der Waals surface area contributed by atoms with Gasteiger partial charge < -0.3 is 10.2 Å². The standard InChI is InChI=1S/C31H34O2/c1-23(24-14-7-4-8-15-24)28-25(16-13-21-30(2,3)33)22-31(29(28)32,26-17-9-5-10-18-26)27-19-11-6-12-20-27/h4-20,25,29,32-33H,21-22H2,1-3H3/b16-13+,28-23-. The van der Waals surface area contributed by atoms with Gasteiger partial charge in [-0.25, -0.2) is 0 Å². The van der Waals surface area contributed by atoms with E-state index in [0.717, 1.165) is 34.3 Å². The number of benzene rings is 3. The van der Waals surface area contributed by atoms with E-state index in [-0.39, 0.29) is 5.92 Å². The van der Waals surface area contributed by atoms with Crippen molar-refractivity contribution in [1.82, 2.24) is 0 Å². The number of hydrogen-bond acceptors (Lipinski definition) is 2. The second kappa shape index (κ2) is 9.51. The first-order chi connectivity index (χ1) is 15.8. The lowest BCUT2D eigenvalue weighted by atomic mass is 9.71. The van der Waals surface area contributed by atoms with E-state index in [4.69, 9.17) is 0 Å². The van der Waals surface area contributed by atoms with Gasteiger partial charge in [-0.05, 0) is 61.4 Å². The molecule has 170 valence electrons. The molecule has 33 heavy (non-hydrogen) atoms. The zero-order chi connectivity index (χ0) is 23.5. The first-order valence-electron chi connectivity index (χ1n) is 11.8. The van der Waals surface area contributed by atoms with Crippen LogP contribution in [0.3, 0.4) is 0 Å². The van der Waals surface area contributed by atoms with Crippen molar-refractivity contribution in [1.29, 1.82) is 0 Å². The van der Waals surface area contributed by atoms with Gasteiger partial charge in [0.1, 0.15) is 0 Å². The fraction of sp³-hybridized carbons (Fsp3) is 0.290. The van der Waals surface area contributed by atoms with Gasteiger partial charge in [-0.2, -0.15) is 0 Å². The summed E-state index contributed by atoms with van der Waals surface area (Å²) in [6.07, 6.45) is 4.93. The van der Waals surface area contributed by atoms with Crippen LogP contribution < -0.4 is 0 Å². The Bertz CT molecular complexity index is 1070. The van der Waals surface area contributed by atoms with Crippen molar-refractivity contribution in [3.8, 4) is 0 Å². The molecule has 3 aromatic rings. The summed E-state index contributed by atoms with van der Waals surface area (Å²) < 4.78 is 0. The predicted octanol–water partition coefficient (Wildman–Crippen LogP) is 6.54. The third-order valence-electron chi connectivity index (χ3n) is 6.91. The smallest absolute Gasteiger partial charge is 0.0899 e. The molecule has 1 aliphatic carbocycles. The minimum Gasteiger partial charge on any atom is -0.390 e. The van der Waals surface area contributed by atoms with Gasteiger partial charge in [0.25, 0.3) is 0 Å². The zero-order valence-electron chi connectivity index (χ0n) is 19.8. The van der Waals surface area contributed by atoms with Crippen LogP contribution in [0.1, 0.15) is 50.3 Å². The summed E-state index contributed by atoms with van der Waals surface area (Å²) in [6.45, 7) is 5.77. The van der Waals surface area contributed by atoms with Gasteiger partial charge in [-0.1, -0.05) is 103 Å². The summed E-state index contributed by atoms with van der Waals surface area (Å²) >= 11 is 0. The maximum atomic E-state index is 12.1. The maximum Gasteiger partial charge on any atom is 0.0899 e. The third-order valence-corrected chi connectivity index (χ3v) is 6.91. The lowest BCUT2D eigenvalue weighted by Crippen LogP contribution is -2.36. The molecule has 2 nitrogen and oxygen atoms in total. The summed E-state index contributed by atoms with van der Waals surface area (Å²) in [4.78, 5) is 0. The van der Waals surface area contributed by atoms with E-state index in [1.165, 1.54) is 0 Å². The zero-order valence-corrected chi connectivity index (χ0v) is 19.8. The van der Waals surface area contributed by atoms with E-state index >= 15 is 0 Å². The van der Waals surface area contributed by atoms with Gasteiger partial charge in [0.15, 0.2) is 0 Å². The summed E-state index contributed by atoms with van der Waals surface area (Å²) in [5, 5.41) is 22.4. The lowest BCUT2D eigenvalue weighted by molar-refractivity contribution is 0.0838. The summed E-state index contributed by atoms with van der Waals surface area (Å²) in [5.74, 6) is 0.0583. The Morgan fingerprint density at radius 1 is 0.879 bits per heavy atom. The molecule has 0 heterocycles. The van der Waals surface area contributed by atoms with Crippen molar-refractivity contribution >= 4 is 5.57 Å². The molecule has 2 N–H and O–H groups in total. The van der Waals surface area contributed by atoms with E-state index in [0.29, 0.717) is 6.42 Å². The molecule has 0 spiro atoms. The average Bonchev–Trinajstić information content (AvgIpc) is 3.12. The molecule has 1 aliphatic rings. The number of rotatable bonds is 6. The minimum atomic E-state index is -0.762. The highest BCUT2D eigenvalue weighted by Crippen LogP contribution is 2.53. The maximum absolute atomic E-state index is 12.1. The van der Waals surface area contributed by atoms with Crippen LogP contribution in [0.15, 0.2) is 109 Å². The molecule has 0 bridgehead atoms. The van der Waals surface area contributed by atoms with Crippen LogP contribution in [0.25, 0.3) is 5.57 Å². The second-order valence-electron chi connectivity index (χ2n) is 9.81. The Kier molecular flexibility index (Phi) is 6.69. The Morgan fingerprint density at radius 3 is 1.85 bits per heavy atom. The first-order valence-corrected chi connectivity index (χ1v) is 11.8. The lowest BCUT2D eigenvalue weighted by Gasteiger charge is -2.34. The third kappa shape index (κ3) is 4.73. The van der Waals surface area contributed by atoms with E-state index in [9.17, 15) is 10.2 Å². The number of allylic oxidation sites excluding steroid dienone is 2. The highest BCUT2D eigenvalue weighted by molar-refractivity contribution is 5.71. The van der Waals surface area contributed by atoms with Crippen LogP contribution >= 0.6 is 0 Å². The van der Waals surface area contributed by atoms with Crippen LogP contribution in [0, 0.1) is 5.92 Å². The van der Waals surface area contributed by atoms with Gasteiger partial charge in [0.05, 0.1) is 17.1 Å². The average molecular weight is 439 g/mol. The van der Waals surface area contributed by atoms with E-state index in [2.05, 4.69) is 79.7 Å². The van der Waals surface area contributed by atoms with Crippen LogP contribution in [0.5, 0.6) is 0 Å². The van der Waals surface area contributed by atoms with Crippen molar-refractivity contribution in [3.63, 3.8) is 0 Å². The van der Waals surface area contributed by atoms with E-state index in [1.54, 1.807) is 0 Å². The normalized spacial score (nSPS) is 22.0. The molecule has 0 amide bonds. The molecule has 0 aliphatic heterocycles. The van der Waals surface area contributed by atoms with Crippen molar-refractivity contribution in [2.75, 3.05) is 0 Å². The number of aliphatic hydroxyl groups is 2. The quantitative estimate of drug-likeness (QED) is 0.429. The van der Waals surface area contributed by atoms with Crippen molar-refractivity contribution < 1.29 is 10.2 Å². The largest absolute Gasteiger partial charge is 0.390 e. The fourth-order valence-corrected chi connectivity index (χ4v) is 5.26. The van der Waals surface area contributed by atoms with Gasteiger partial charge in [0.2, 0.25) is 0 Å². The molecular formula is C31H34O2. The minimum absolute atomic E-state index is 0.0583. The molecule has 3 aromatic carbocycles. The topological polar surface area (TPSA) is 40.5 Å². The summed E-state index contributed by atoms with van der Waals surface area (Å²) in [5.41, 5.74) is 4.25. The van der Waals surface area contributed by atoms with Crippen LogP contribution in [0.2, 0.25) is 0 Å².